The first-order valence-electron chi connectivity index (χ1n) is 7.29. The molecule has 5 nitrogen and oxygen atoms in total. The number of rotatable bonds is 7. The van der Waals surface area contributed by atoms with E-state index < -0.39 is 0 Å². The zero-order chi connectivity index (χ0) is 15.2. The van der Waals surface area contributed by atoms with Crippen LogP contribution in [0.1, 0.15) is 24.6 Å². The van der Waals surface area contributed by atoms with Crippen molar-refractivity contribution in [2.24, 2.45) is 0 Å². The van der Waals surface area contributed by atoms with Crippen molar-refractivity contribution >= 4 is 5.69 Å². The van der Waals surface area contributed by atoms with Gasteiger partial charge in [-0.2, -0.15) is 0 Å². The molecule has 2 N–H and O–H groups in total. The molecule has 0 saturated carbocycles. The Morgan fingerprint density at radius 3 is 2.52 bits per heavy atom. The number of aromatic nitrogens is 2. The molecule has 1 aromatic heterocycles. The van der Waals surface area contributed by atoms with Crippen LogP contribution in [0.5, 0.6) is 0 Å². The van der Waals surface area contributed by atoms with Crippen LogP contribution < -0.4 is 11.3 Å². The van der Waals surface area contributed by atoms with Gasteiger partial charge in [0, 0.05) is 20.2 Å². The fraction of sp³-hybridized carbons (Fsp3) is 0.438. The van der Waals surface area contributed by atoms with Gasteiger partial charge in [-0.1, -0.05) is 30.3 Å². The van der Waals surface area contributed by atoms with Crippen molar-refractivity contribution in [3.63, 3.8) is 0 Å². The number of ether oxygens (including phenoxy) is 1. The smallest absolute Gasteiger partial charge is 0.290 e. The van der Waals surface area contributed by atoms with Crippen LogP contribution in [0, 0.1) is 0 Å². The number of nitrogen functional groups attached to an aromatic ring is 1. The van der Waals surface area contributed by atoms with Crippen LogP contribution in [0.4, 0.5) is 5.69 Å². The largest absolute Gasteiger partial charge is 0.393 e. The van der Waals surface area contributed by atoms with E-state index in [0.717, 1.165) is 18.5 Å². The molecule has 0 aliphatic heterocycles. The molecule has 5 heteroatoms. The lowest BCUT2D eigenvalue weighted by atomic mass is 10.1. The summed E-state index contributed by atoms with van der Waals surface area (Å²) in [6.07, 6.45) is 1.85. The first-order valence-corrected chi connectivity index (χ1v) is 7.29. The van der Waals surface area contributed by atoms with E-state index in [4.69, 9.17) is 10.5 Å². The number of aryl methyl sites for hydroxylation is 1. The highest BCUT2D eigenvalue weighted by atomic mass is 16.5. The van der Waals surface area contributed by atoms with Gasteiger partial charge in [-0.15, -0.1) is 0 Å². The van der Waals surface area contributed by atoms with Crippen molar-refractivity contribution in [2.75, 3.05) is 12.8 Å². The summed E-state index contributed by atoms with van der Waals surface area (Å²) in [6, 6.07) is 10.3. The quantitative estimate of drug-likeness (QED) is 0.848. The van der Waals surface area contributed by atoms with Crippen LogP contribution in [-0.2, 0) is 30.9 Å². The zero-order valence-electron chi connectivity index (χ0n) is 12.7. The molecule has 0 aliphatic carbocycles. The van der Waals surface area contributed by atoms with Crippen molar-refractivity contribution in [3.05, 3.63) is 51.9 Å². The van der Waals surface area contributed by atoms with E-state index >= 15 is 0 Å². The summed E-state index contributed by atoms with van der Waals surface area (Å²) in [5.74, 6) is 0. The number of nitrogens with two attached hydrogens (primary N) is 1. The Balaban J connectivity index is 2.12. The topological polar surface area (TPSA) is 62.2 Å². The molecule has 0 atom stereocenters. The molecular formula is C16H23N3O2. The number of anilines is 1. The maximum atomic E-state index is 12.2. The minimum atomic E-state index is -0.114. The predicted molar refractivity (Wildman–Crippen MR) is 84.3 cm³/mol. The normalized spacial score (nSPS) is 11.0. The Kier molecular flexibility index (Phi) is 5.22. The summed E-state index contributed by atoms with van der Waals surface area (Å²) in [4.78, 5) is 12.2. The third-order valence-corrected chi connectivity index (χ3v) is 3.64. The molecular weight excluding hydrogens is 266 g/mol. The summed E-state index contributed by atoms with van der Waals surface area (Å²) in [6.45, 7) is 3.73. The maximum Gasteiger partial charge on any atom is 0.290 e. The number of hydrogen-bond donors (Lipinski definition) is 1. The summed E-state index contributed by atoms with van der Waals surface area (Å²) in [7, 11) is 1.61. The van der Waals surface area contributed by atoms with Crippen LogP contribution in [-0.4, -0.2) is 16.5 Å². The van der Waals surface area contributed by atoms with E-state index in [2.05, 4.69) is 12.1 Å². The fourth-order valence-corrected chi connectivity index (χ4v) is 2.61. The van der Waals surface area contributed by atoms with Gasteiger partial charge in [0.1, 0.15) is 5.69 Å². The Labute approximate surface area is 124 Å². The average Bonchev–Trinajstić information content (AvgIpc) is 2.73. The minimum Gasteiger partial charge on any atom is -0.393 e. The number of methoxy groups -OCH3 is 1. The highest BCUT2D eigenvalue weighted by Gasteiger charge is 2.16. The standard InChI is InChI=1S/C16H23N3O2/c1-3-18-14(12-21-2)15(17)16(20)19(18)11-7-10-13-8-5-4-6-9-13/h4-6,8-9H,3,7,10-12,17H2,1-2H3. The van der Waals surface area contributed by atoms with Crippen LogP contribution in [0.15, 0.2) is 35.1 Å². The molecule has 2 rings (SSSR count). The van der Waals surface area contributed by atoms with Gasteiger partial charge in [0.15, 0.2) is 0 Å². The lowest BCUT2D eigenvalue weighted by Gasteiger charge is -2.12. The van der Waals surface area contributed by atoms with Crippen LogP contribution in [0.3, 0.4) is 0 Å². The molecule has 1 aromatic carbocycles. The van der Waals surface area contributed by atoms with E-state index in [9.17, 15) is 4.79 Å². The lowest BCUT2D eigenvalue weighted by molar-refractivity contribution is 0.175. The molecule has 1 heterocycles. The van der Waals surface area contributed by atoms with Crippen molar-refractivity contribution in [2.45, 2.75) is 39.5 Å². The first-order chi connectivity index (χ1) is 10.2. The van der Waals surface area contributed by atoms with Crippen LogP contribution >= 0.6 is 0 Å². The summed E-state index contributed by atoms with van der Waals surface area (Å²) < 4.78 is 8.79. The Hall–Kier alpha value is -2.01. The molecule has 0 unspecified atom stereocenters. The fourth-order valence-electron chi connectivity index (χ4n) is 2.61. The predicted octanol–water partition coefficient (Wildman–Crippen LogP) is 2.03. The van der Waals surface area contributed by atoms with Crippen LogP contribution in [0.25, 0.3) is 0 Å². The molecule has 114 valence electrons. The highest BCUT2D eigenvalue weighted by molar-refractivity contribution is 5.41. The monoisotopic (exact) mass is 289 g/mol. The SMILES string of the molecule is CCn1c(COC)c(N)c(=O)n1CCCc1ccccc1. The van der Waals surface area contributed by atoms with Crippen molar-refractivity contribution in [3.8, 4) is 0 Å². The van der Waals surface area contributed by atoms with Crippen molar-refractivity contribution < 1.29 is 4.74 Å². The summed E-state index contributed by atoms with van der Waals surface area (Å²) >= 11 is 0. The molecule has 0 spiro atoms. The molecule has 2 aromatic rings. The third kappa shape index (κ3) is 3.36. The second-order valence-corrected chi connectivity index (χ2v) is 5.03. The molecule has 21 heavy (non-hydrogen) atoms. The van der Waals surface area contributed by atoms with Gasteiger partial charge in [0.25, 0.3) is 5.56 Å². The Bertz CT molecular complexity index is 629. The zero-order valence-corrected chi connectivity index (χ0v) is 12.7. The van der Waals surface area contributed by atoms with E-state index in [1.807, 2.05) is 29.8 Å². The summed E-state index contributed by atoms with van der Waals surface area (Å²) in [5, 5.41) is 0. The maximum absolute atomic E-state index is 12.2. The van der Waals surface area contributed by atoms with Crippen LogP contribution in [0.2, 0.25) is 0 Å². The second-order valence-electron chi connectivity index (χ2n) is 5.03. The molecule has 0 saturated heterocycles. The van der Waals surface area contributed by atoms with E-state index in [-0.39, 0.29) is 5.56 Å². The number of nitrogens with zero attached hydrogens (tertiary/aromatic N) is 2. The second kappa shape index (κ2) is 7.13. The Morgan fingerprint density at radius 1 is 1.19 bits per heavy atom. The van der Waals surface area contributed by atoms with Crippen molar-refractivity contribution in [1.82, 2.24) is 9.36 Å². The average molecular weight is 289 g/mol. The third-order valence-electron chi connectivity index (χ3n) is 3.64. The minimum absolute atomic E-state index is 0.114. The molecule has 0 fully saturated rings. The van der Waals surface area contributed by atoms with Gasteiger partial charge in [0.2, 0.25) is 0 Å². The van der Waals surface area contributed by atoms with Crippen molar-refractivity contribution in [1.29, 1.82) is 0 Å². The van der Waals surface area contributed by atoms with Gasteiger partial charge < -0.3 is 10.5 Å². The molecule has 0 radical (unpaired) electrons. The van der Waals surface area contributed by atoms with E-state index in [1.54, 1.807) is 11.8 Å². The molecule has 0 bridgehead atoms. The molecule has 0 aliphatic rings. The molecule has 0 amide bonds. The van der Waals surface area contributed by atoms with Gasteiger partial charge >= 0.3 is 0 Å². The Morgan fingerprint density at radius 2 is 1.90 bits per heavy atom. The lowest BCUT2D eigenvalue weighted by Crippen LogP contribution is -2.24. The van der Waals surface area contributed by atoms with Gasteiger partial charge in [-0.05, 0) is 25.3 Å². The number of benzene rings is 1. The summed E-state index contributed by atoms with van der Waals surface area (Å²) in [5.41, 5.74) is 8.16. The highest BCUT2D eigenvalue weighted by Crippen LogP contribution is 2.11. The van der Waals surface area contributed by atoms with E-state index in [1.165, 1.54) is 5.56 Å². The van der Waals surface area contributed by atoms with Gasteiger partial charge in [0.05, 0.1) is 12.3 Å². The van der Waals surface area contributed by atoms with E-state index in [0.29, 0.717) is 25.4 Å². The number of hydrogen-bond acceptors (Lipinski definition) is 3. The van der Waals surface area contributed by atoms with Gasteiger partial charge in [-0.3, -0.25) is 9.48 Å². The first kappa shape index (κ1) is 15.4. The van der Waals surface area contributed by atoms with Gasteiger partial charge in [-0.25, -0.2) is 4.68 Å².